The molecule has 3 heterocycles. The lowest BCUT2D eigenvalue weighted by Gasteiger charge is -2.43. The average molecular weight is 695 g/mol. The van der Waals surface area contributed by atoms with E-state index in [9.17, 15) is 55.2 Å². The van der Waals surface area contributed by atoms with Gasteiger partial charge in [0.05, 0.1) is 12.7 Å². The molecule has 8 N–H and O–H groups in total. The van der Waals surface area contributed by atoms with Crippen LogP contribution in [-0.2, 0) is 33.3 Å². The molecule has 0 radical (unpaired) electrons. The summed E-state index contributed by atoms with van der Waals surface area (Å²) in [7, 11) is 0. The van der Waals surface area contributed by atoms with Gasteiger partial charge in [0.25, 0.3) is 0 Å². The molecule has 2 aliphatic rings. The van der Waals surface area contributed by atoms with Gasteiger partial charge in [0.2, 0.25) is 17.5 Å². The zero-order valence-corrected chi connectivity index (χ0v) is 26.0. The van der Waals surface area contributed by atoms with Gasteiger partial charge in [-0.15, -0.1) is 0 Å². The summed E-state index contributed by atoms with van der Waals surface area (Å²) >= 11 is 0. The minimum atomic E-state index is -2.01. The Bertz CT molecular complexity index is 1770. The highest BCUT2D eigenvalue weighted by Gasteiger charge is 2.50. The molecule has 18 heteroatoms. The van der Waals surface area contributed by atoms with Crippen LogP contribution in [0.15, 0.2) is 39.5 Å². The highest BCUT2D eigenvalue weighted by Crippen LogP contribution is 2.39. The summed E-state index contributed by atoms with van der Waals surface area (Å²) in [5.41, 5.74) is -1.41. The Morgan fingerprint density at radius 1 is 0.776 bits per heavy atom. The number of benzene rings is 2. The second-order valence-corrected chi connectivity index (χ2v) is 11.4. The van der Waals surface area contributed by atoms with E-state index in [4.69, 9.17) is 32.8 Å². The smallest absolute Gasteiger partial charge is 0.303 e. The highest BCUT2D eigenvalue weighted by molar-refractivity contribution is 5.88. The molecule has 10 unspecified atom stereocenters. The van der Waals surface area contributed by atoms with Crippen molar-refractivity contribution in [1.29, 1.82) is 0 Å². The van der Waals surface area contributed by atoms with E-state index in [-0.39, 0.29) is 11.1 Å². The predicted molar refractivity (Wildman–Crippen MR) is 159 cm³/mol. The number of phenolic OH excluding ortho intramolecular Hbond substituents is 4. The minimum absolute atomic E-state index is 0.0511. The molecule has 2 aromatic carbocycles. The van der Waals surface area contributed by atoms with Gasteiger partial charge in [0.1, 0.15) is 53.0 Å². The van der Waals surface area contributed by atoms with E-state index in [1.807, 2.05) is 0 Å². The van der Waals surface area contributed by atoms with Crippen LogP contribution in [-0.4, -0.2) is 121 Å². The van der Waals surface area contributed by atoms with E-state index >= 15 is 0 Å². The van der Waals surface area contributed by atoms with Crippen LogP contribution in [0.2, 0.25) is 0 Å². The molecule has 0 spiro atoms. The Kier molecular flexibility index (Phi) is 10.2. The molecule has 3 aromatic rings. The van der Waals surface area contributed by atoms with Crippen molar-refractivity contribution in [2.24, 2.45) is 0 Å². The number of hydrogen-bond acceptors (Lipinski definition) is 18. The van der Waals surface area contributed by atoms with Gasteiger partial charge in [0, 0.05) is 31.5 Å². The molecule has 49 heavy (non-hydrogen) atoms. The molecule has 1 aromatic heterocycles. The van der Waals surface area contributed by atoms with E-state index in [0.29, 0.717) is 0 Å². The van der Waals surface area contributed by atoms with Gasteiger partial charge in [0.15, 0.2) is 35.8 Å². The largest absolute Gasteiger partial charge is 0.508 e. The molecular weight excluding hydrogens is 660 g/mol. The number of aliphatic hydroxyl groups excluding tert-OH is 4. The monoisotopic (exact) mass is 694 g/mol. The Morgan fingerprint density at radius 3 is 2.10 bits per heavy atom. The zero-order chi connectivity index (χ0) is 35.9. The van der Waals surface area contributed by atoms with Crippen molar-refractivity contribution in [3.63, 3.8) is 0 Å². The maximum absolute atomic E-state index is 13.7. The van der Waals surface area contributed by atoms with Gasteiger partial charge in [-0.2, -0.15) is 0 Å². The van der Waals surface area contributed by atoms with Crippen molar-refractivity contribution in [1.82, 2.24) is 0 Å². The number of phenols is 4. The molecule has 266 valence electrons. The van der Waals surface area contributed by atoms with Crippen LogP contribution in [0.4, 0.5) is 0 Å². The fourth-order valence-corrected chi connectivity index (χ4v) is 5.49. The molecule has 2 fully saturated rings. The van der Waals surface area contributed by atoms with E-state index < -0.39 is 125 Å². The Labute approximate surface area is 275 Å². The lowest BCUT2D eigenvalue weighted by atomic mass is 9.98. The highest BCUT2D eigenvalue weighted by atomic mass is 16.7. The van der Waals surface area contributed by atoms with Crippen LogP contribution >= 0.6 is 0 Å². The van der Waals surface area contributed by atoms with E-state index in [1.54, 1.807) is 0 Å². The number of fused-ring (bicyclic) bond motifs is 1. The number of carbonyl (C=O) groups excluding carboxylic acids is 2. The first-order chi connectivity index (χ1) is 23.1. The molecule has 0 amide bonds. The SMILES string of the molecule is CC(=O)OC1C(C)OC(OCC2OC(Oc3c(-c4ccc(O)c(O)c4)oc4cc(O)cc(O)c4c3=O)C(O)C(O)C2O)C(O)C1OC(C)=O. The van der Waals surface area contributed by atoms with Crippen LogP contribution in [0.3, 0.4) is 0 Å². The third-order valence-corrected chi connectivity index (χ3v) is 7.84. The van der Waals surface area contributed by atoms with Gasteiger partial charge in [-0.25, -0.2) is 0 Å². The van der Waals surface area contributed by atoms with Gasteiger partial charge >= 0.3 is 11.9 Å². The molecule has 0 saturated carbocycles. The van der Waals surface area contributed by atoms with Crippen molar-refractivity contribution in [2.45, 2.75) is 82.2 Å². The number of esters is 2. The van der Waals surface area contributed by atoms with Crippen molar-refractivity contribution < 1.29 is 83.3 Å². The maximum Gasteiger partial charge on any atom is 0.303 e. The van der Waals surface area contributed by atoms with Crippen molar-refractivity contribution in [3.8, 4) is 40.1 Å². The summed E-state index contributed by atoms with van der Waals surface area (Å²) in [5, 5.41) is 82.9. The minimum Gasteiger partial charge on any atom is -0.508 e. The number of ether oxygens (including phenoxy) is 6. The summed E-state index contributed by atoms with van der Waals surface area (Å²) in [6, 6.07) is 5.19. The van der Waals surface area contributed by atoms with Crippen LogP contribution in [0, 0.1) is 0 Å². The Hall–Kier alpha value is -4.69. The first-order valence-electron chi connectivity index (χ1n) is 14.8. The summed E-state index contributed by atoms with van der Waals surface area (Å²) in [5.74, 6) is -4.98. The fourth-order valence-electron chi connectivity index (χ4n) is 5.49. The maximum atomic E-state index is 13.7. The summed E-state index contributed by atoms with van der Waals surface area (Å²) in [4.78, 5) is 37.0. The quantitative estimate of drug-likeness (QED) is 0.108. The van der Waals surface area contributed by atoms with Crippen LogP contribution in [0.1, 0.15) is 20.8 Å². The molecule has 2 saturated heterocycles. The third-order valence-electron chi connectivity index (χ3n) is 7.84. The lowest BCUT2D eigenvalue weighted by Crippen LogP contribution is -2.62. The van der Waals surface area contributed by atoms with Gasteiger partial charge < -0.3 is 73.7 Å². The average Bonchev–Trinajstić information content (AvgIpc) is 3.02. The first-order valence-corrected chi connectivity index (χ1v) is 14.8. The second-order valence-electron chi connectivity index (χ2n) is 11.4. The Balaban J connectivity index is 1.43. The number of aliphatic hydroxyl groups is 4. The summed E-state index contributed by atoms with van der Waals surface area (Å²) in [6.07, 6.45) is -16.1. The van der Waals surface area contributed by atoms with Crippen LogP contribution in [0.5, 0.6) is 28.7 Å². The van der Waals surface area contributed by atoms with Crippen molar-refractivity contribution in [2.75, 3.05) is 6.61 Å². The van der Waals surface area contributed by atoms with Crippen molar-refractivity contribution in [3.05, 3.63) is 40.6 Å². The summed E-state index contributed by atoms with van der Waals surface area (Å²) < 4.78 is 38.7. The van der Waals surface area contributed by atoms with Crippen LogP contribution in [0.25, 0.3) is 22.3 Å². The first kappa shape index (κ1) is 35.6. The van der Waals surface area contributed by atoms with Crippen LogP contribution < -0.4 is 10.2 Å². The third kappa shape index (κ3) is 7.20. The molecule has 0 aliphatic carbocycles. The zero-order valence-electron chi connectivity index (χ0n) is 26.0. The molecule has 2 aliphatic heterocycles. The topological polar surface area (TPSA) is 282 Å². The van der Waals surface area contributed by atoms with Crippen molar-refractivity contribution >= 4 is 22.9 Å². The summed E-state index contributed by atoms with van der Waals surface area (Å²) in [6.45, 7) is 2.99. The lowest BCUT2D eigenvalue weighted by molar-refractivity contribution is -0.320. The van der Waals surface area contributed by atoms with Gasteiger partial charge in [-0.1, -0.05) is 0 Å². The van der Waals surface area contributed by atoms with E-state index in [0.717, 1.165) is 38.1 Å². The van der Waals surface area contributed by atoms with E-state index in [2.05, 4.69) is 0 Å². The number of hydrogen-bond donors (Lipinski definition) is 8. The molecule has 10 atom stereocenters. The molecular formula is C31H34O18. The molecule has 0 bridgehead atoms. The molecule has 5 rings (SSSR count). The normalized spacial score (nSPS) is 30.1. The van der Waals surface area contributed by atoms with E-state index in [1.165, 1.54) is 13.0 Å². The second kappa shape index (κ2) is 14.0. The van der Waals surface area contributed by atoms with Gasteiger partial charge in [-0.3, -0.25) is 14.4 Å². The number of aromatic hydroxyl groups is 4. The standard InChI is InChI=1S/C31H34O18/c1-10-26(45-11(2)32)29(46-12(3)33)25(42)30(44-10)43-9-19-21(38)23(40)24(41)31(48-19)49-28-22(39)20-17(37)7-14(34)8-18(20)47-27(28)13-4-5-15(35)16(36)6-13/h4-8,10,19,21,23-26,29-31,34-38,40-42H,9H2,1-3H3. The molecule has 18 nitrogen and oxygen atoms in total. The predicted octanol–water partition coefficient (Wildman–Crippen LogP) is -0.546. The Morgan fingerprint density at radius 2 is 1.45 bits per heavy atom. The van der Waals surface area contributed by atoms with Gasteiger partial charge in [-0.05, 0) is 25.1 Å². The number of rotatable bonds is 8. The fraction of sp³-hybridized carbons (Fsp3) is 0.452. The number of carbonyl (C=O) groups is 2.